The molecule has 0 aliphatic heterocycles. The van der Waals surface area contributed by atoms with E-state index in [2.05, 4.69) is 0 Å². The Balaban J connectivity index is 0. The van der Waals surface area contributed by atoms with E-state index in [1.54, 1.807) is 0 Å². The van der Waals surface area contributed by atoms with Gasteiger partial charge < -0.3 is 4.74 Å². The maximum atomic E-state index is 5.21. The Morgan fingerprint density at radius 1 is 1.09 bits per heavy atom. The van der Waals surface area contributed by atoms with Gasteiger partial charge in [-0.15, -0.1) is 0 Å². The van der Waals surface area contributed by atoms with Crippen LogP contribution < -0.4 is 4.74 Å². The van der Waals surface area contributed by atoms with Crippen LogP contribution in [-0.4, -0.2) is 6.61 Å². The summed E-state index contributed by atoms with van der Waals surface area (Å²) in [5, 5.41) is 0. The molecule has 0 N–H and O–H groups in total. The molecule has 0 amide bonds. The van der Waals surface area contributed by atoms with Gasteiger partial charge in [0, 0.05) is 0 Å². The molecule has 11 heavy (non-hydrogen) atoms. The molecule has 0 aliphatic rings. The standard InChI is InChI=1S/C8H10O.2CH4/c1-2-9-8-6-4-3-5-7-8;;/h3-7H,2H2,1H3;2*1H4. The lowest BCUT2D eigenvalue weighted by Crippen LogP contribution is -1.89. The molecule has 0 atom stereocenters. The molecule has 0 unspecified atom stereocenters. The van der Waals surface area contributed by atoms with E-state index in [0.717, 1.165) is 12.4 Å². The SMILES string of the molecule is C.C.CCOc1ccccc1. The molecule has 1 aromatic carbocycles. The van der Waals surface area contributed by atoms with Crippen molar-refractivity contribution in [3.63, 3.8) is 0 Å². The van der Waals surface area contributed by atoms with Crippen LogP contribution in [0.4, 0.5) is 0 Å². The fraction of sp³-hybridized carbons (Fsp3) is 0.400. The second-order valence-electron chi connectivity index (χ2n) is 1.75. The molecule has 0 spiro atoms. The predicted molar refractivity (Wildman–Crippen MR) is 51.1 cm³/mol. The van der Waals surface area contributed by atoms with E-state index in [4.69, 9.17) is 4.74 Å². The number of ether oxygens (including phenoxy) is 1. The number of hydrogen-bond acceptors (Lipinski definition) is 1. The molecular formula is C10H18O. The van der Waals surface area contributed by atoms with Gasteiger partial charge >= 0.3 is 0 Å². The lowest BCUT2D eigenvalue weighted by atomic mass is 10.3. The van der Waals surface area contributed by atoms with Crippen LogP contribution in [0.25, 0.3) is 0 Å². The van der Waals surface area contributed by atoms with Crippen molar-refractivity contribution >= 4 is 0 Å². The summed E-state index contributed by atoms with van der Waals surface area (Å²) in [6.45, 7) is 2.72. The fourth-order valence-corrected chi connectivity index (χ4v) is 0.683. The van der Waals surface area contributed by atoms with Gasteiger partial charge in [0.1, 0.15) is 5.75 Å². The van der Waals surface area contributed by atoms with E-state index in [-0.39, 0.29) is 14.9 Å². The van der Waals surface area contributed by atoms with Crippen molar-refractivity contribution in [1.82, 2.24) is 0 Å². The minimum atomic E-state index is 0. The average molecular weight is 154 g/mol. The van der Waals surface area contributed by atoms with Crippen molar-refractivity contribution in [2.45, 2.75) is 21.8 Å². The van der Waals surface area contributed by atoms with Crippen molar-refractivity contribution in [2.75, 3.05) is 6.61 Å². The first-order valence-corrected chi connectivity index (χ1v) is 3.11. The van der Waals surface area contributed by atoms with Crippen molar-refractivity contribution in [3.05, 3.63) is 30.3 Å². The molecule has 64 valence electrons. The van der Waals surface area contributed by atoms with Gasteiger partial charge in [-0.3, -0.25) is 0 Å². The zero-order chi connectivity index (χ0) is 6.53. The third kappa shape index (κ3) is 4.43. The van der Waals surface area contributed by atoms with Gasteiger partial charge in [0.05, 0.1) is 6.61 Å². The smallest absolute Gasteiger partial charge is 0.119 e. The average Bonchev–Trinajstić information content (AvgIpc) is 1.91. The van der Waals surface area contributed by atoms with Gasteiger partial charge in [0.2, 0.25) is 0 Å². The summed E-state index contributed by atoms with van der Waals surface area (Å²) in [7, 11) is 0. The molecule has 1 heteroatoms. The van der Waals surface area contributed by atoms with Crippen LogP contribution in [0.1, 0.15) is 21.8 Å². The molecule has 0 heterocycles. The predicted octanol–water partition coefficient (Wildman–Crippen LogP) is 3.36. The fourth-order valence-electron chi connectivity index (χ4n) is 0.683. The summed E-state index contributed by atoms with van der Waals surface area (Å²) in [5.41, 5.74) is 0. The highest BCUT2D eigenvalue weighted by atomic mass is 16.5. The Labute approximate surface area is 70.0 Å². The van der Waals surface area contributed by atoms with Crippen molar-refractivity contribution in [1.29, 1.82) is 0 Å². The monoisotopic (exact) mass is 154 g/mol. The van der Waals surface area contributed by atoms with Crippen LogP contribution in [0, 0.1) is 0 Å². The Hall–Kier alpha value is -0.980. The van der Waals surface area contributed by atoms with Gasteiger partial charge in [-0.1, -0.05) is 33.1 Å². The van der Waals surface area contributed by atoms with Gasteiger partial charge in [-0.2, -0.15) is 0 Å². The lowest BCUT2D eigenvalue weighted by molar-refractivity contribution is 0.340. The molecule has 0 saturated heterocycles. The highest BCUT2D eigenvalue weighted by Crippen LogP contribution is 2.06. The second-order valence-corrected chi connectivity index (χ2v) is 1.75. The molecule has 1 aromatic rings. The third-order valence-corrected chi connectivity index (χ3v) is 1.05. The summed E-state index contributed by atoms with van der Waals surface area (Å²) in [5.74, 6) is 0.944. The molecule has 1 rings (SSSR count). The number of benzene rings is 1. The molecule has 0 radical (unpaired) electrons. The van der Waals surface area contributed by atoms with Crippen LogP contribution in [0.2, 0.25) is 0 Å². The number of hydrogen-bond donors (Lipinski definition) is 0. The van der Waals surface area contributed by atoms with Crippen molar-refractivity contribution in [2.24, 2.45) is 0 Å². The van der Waals surface area contributed by atoms with Crippen LogP contribution in [0.15, 0.2) is 30.3 Å². The van der Waals surface area contributed by atoms with Gasteiger partial charge in [-0.25, -0.2) is 0 Å². The number of rotatable bonds is 2. The van der Waals surface area contributed by atoms with Gasteiger partial charge in [-0.05, 0) is 19.1 Å². The molecule has 0 aliphatic carbocycles. The highest BCUT2D eigenvalue weighted by Gasteiger charge is 1.83. The largest absolute Gasteiger partial charge is 0.494 e. The van der Waals surface area contributed by atoms with Crippen LogP contribution in [0.3, 0.4) is 0 Å². The first-order chi connectivity index (χ1) is 4.43. The zero-order valence-corrected chi connectivity index (χ0v) is 5.50. The van der Waals surface area contributed by atoms with E-state index in [9.17, 15) is 0 Å². The maximum Gasteiger partial charge on any atom is 0.119 e. The summed E-state index contributed by atoms with van der Waals surface area (Å²) in [4.78, 5) is 0. The summed E-state index contributed by atoms with van der Waals surface area (Å²) >= 11 is 0. The normalized spacial score (nSPS) is 7.36. The van der Waals surface area contributed by atoms with E-state index in [1.807, 2.05) is 37.3 Å². The summed E-state index contributed by atoms with van der Waals surface area (Å²) in [6, 6.07) is 9.80. The van der Waals surface area contributed by atoms with Crippen LogP contribution in [-0.2, 0) is 0 Å². The Morgan fingerprint density at radius 3 is 2.09 bits per heavy atom. The van der Waals surface area contributed by atoms with E-state index in [1.165, 1.54) is 0 Å². The summed E-state index contributed by atoms with van der Waals surface area (Å²) in [6.07, 6.45) is 0. The van der Waals surface area contributed by atoms with Gasteiger partial charge in [0.25, 0.3) is 0 Å². The minimum absolute atomic E-state index is 0. The minimum Gasteiger partial charge on any atom is -0.494 e. The topological polar surface area (TPSA) is 9.23 Å². The molecule has 1 nitrogen and oxygen atoms in total. The second kappa shape index (κ2) is 7.13. The highest BCUT2D eigenvalue weighted by molar-refractivity contribution is 5.20. The first-order valence-electron chi connectivity index (χ1n) is 3.11. The number of para-hydroxylation sites is 1. The van der Waals surface area contributed by atoms with Crippen molar-refractivity contribution < 1.29 is 4.74 Å². The lowest BCUT2D eigenvalue weighted by Gasteiger charge is -1.99. The van der Waals surface area contributed by atoms with E-state index >= 15 is 0 Å². The molecule has 0 bridgehead atoms. The van der Waals surface area contributed by atoms with Crippen LogP contribution in [0.5, 0.6) is 5.75 Å². The summed E-state index contributed by atoms with van der Waals surface area (Å²) < 4.78 is 5.21. The molecule has 0 saturated carbocycles. The molecule has 0 aromatic heterocycles. The van der Waals surface area contributed by atoms with Crippen molar-refractivity contribution in [3.8, 4) is 5.75 Å². The maximum absolute atomic E-state index is 5.21. The quantitative estimate of drug-likeness (QED) is 0.634. The first kappa shape index (κ1) is 12.7. The molecule has 0 fully saturated rings. The Morgan fingerprint density at radius 2 is 1.64 bits per heavy atom. The molecular weight excluding hydrogens is 136 g/mol. The van der Waals surface area contributed by atoms with Gasteiger partial charge in [0.15, 0.2) is 0 Å². The third-order valence-electron chi connectivity index (χ3n) is 1.05. The Bertz CT molecular complexity index is 158. The van der Waals surface area contributed by atoms with Crippen LogP contribution >= 0.6 is 0 Å². The van der Waals surface area contributed by atoms with E-state index < -0.39 is 0 Å². The Kier molecular flexibility index (Phi) is 8.22. The zero-order valence-electron chi connectivity index (χ0n) is 5.50. The van der Waals surface area contributed by atoms with E-state index in [0.29, 0.717) is 0 Å².